The smallest absolute Gasteiger partial charge is 0.350 e. The molecule has 162 valence electrons. The normalized spacial score (nSPS) is 11.1. The molecule has 0 aliphatic rings. The van der Waals surface area contributed by atoms with Crippen molar-refractivity contribution in [1.82, 2.24) is 4.98 Å². The fourth-order valence-corrected chi connectivity index (χ4v) is 4.22. The molecule has 0 aliphatic carbocycles. The molecule has 0 radical (unpaired) electrons. The number of hydrogen-bond donors (Lipinski definition) is 1. The maximum Gasteiger partial charge on any atom is 0.350 e. The molecule has 0 bridgehead atoms. The highest BCUT2D eigenvalue weighted by atomic mass is 32.1. The first-order valence-corrected chi connectivity index (χ1v) is 12.3. The fourth-order valence-electron chi connectivity index (χ4n) is 3.48. The average molecular weight is 412 g/mol. The van der Waals surface area contributed by atoms with E-state index in [1.54, 1.807) is 6.92 Å². The summed E-state index contributed by atoms with van der Waals surface area (Å²) in [6.07, 6.45) is 21.3. The second-order valence-electron chi connectivity index (χ2n) is 7.91. The van der Waals surface area contributed by atoms with Crippen LogP contribution in [-0.4, -0.2) is 17.6 Å². The molecule has 0 fully saturated rings. The van der Waals surface area contributed by atoms with Crippen LogP contribution < -0.4 is 4.87 Å². The number of unbranched alkanes of at least 4 members (excludes halogenated alkanes) is 15. The number of thiazole rings is 1. The van der Waals surface area contributed by atoms with Gasteiger partial charge in [0.1, 0.15) is 4.88 Å². The molecule has 1 aromatic heterocycles. The summed E-state index contributed by atoms with van der Waals surface area (Å²) in [5.74, 6) is -0.373. The van der Waals surface area contributed by atoms with Crippen LogP contribution in [0.4, 0.5) is 0 Å². The average Bonchev–Trinajstić information content (AvgIpc) is 3.02. The number of hydrogen-bond acceptors (Lipinski definition) is 4. The van der Waals surface area contributed by atoms with E-state index in [0.29, 0.717) is 17.2 Å². The van der Waals surface area contributed by atoms with Crippen molar-refractivity contribution in [2.24, 2.45) is 0 Å². The topological polar surface area (TPSA) is 59.2 Å². The Kier molecular flexibility index (Phi) is 15.0. The summed E-state index contributed by atoms with van der Waals surface area (Å²) in [6.45, 7) is 4.45. The highest BCUT2D eigenvalue weighted by Crippen LogP contribution is 2.14. The number of nitrogens with one attached hydrogen (secondary N) is 1. The summed E-state index contributed by atoms with van der Waals surface area (Å²) in [5, 5.41) is 0. The van der Waals surface area contributed by atoms with Gasteiger partial charge in [-0.05, 0) is 13.3 Å². The van der Waals surface area contributed by atoms with Crippen LogP contribution in [0, 0.1) is 6.92 Å². The molecule has 1 heterocycles. The van der Waals surface area contributed by atoms with Gasteiger partial charge in [0.2, 0.25) is 0 Å². The Labute approximate surface area is 175 Å². The number of rotatable bonds is 18. The van der Waals surface area contributed by atoms with Gasteiger partial charge in [-0.3, -0.25) is 4.79 Å². The summed E-state index contributed by atoms with van der Waals surface area (Å²) >= 11 is 0.926. The molecule has 0 unspecified atom stereocenters. The number of carbonyl (C=O) groups is 1. The largest absolute Gasteiger partial charge is 0.461 e. The SMILES string of the molecule is CCCCCCCCCCCCCCCCCCOC(=O)c1sc(=O)[nH]c1C. The van der Waals surface area contributed by atoms with E-state index in [1.165, 1.54) is 89.9 Å². The summed E-state index contributed by atoms with van der Waals surface area (Å²) in [5.41, 5.74) is 0.604. The zero-order valence-corrected chi connectivity index (χ0v) is 19.0. The van der Waals surface area contributed by atoms with Gasteiger partial charge >= 0.3 is 10.8 Å². The molecule has 5 heteroatoms. The third kappa shape index (κ3) is 12.4. The van der Waals surface area contributed by atoms with Gasteiger partial charge in [0.05, 0.1) is 6.61 Å². The minimum absolute atomic E-state index is 0.202. The minimum atomic E-state index is -0.373. The Morgan fingerprint density at radius 1 is 0.786 bits per heavy atom. The van der Waals surface area contributed by atoms with Gasteiger partial charge < -0.3 is 9.72 Å². The second-order valence-corrected chi connectivity index (χ2v) is 8.89. The second kappa shape index (κ2) is 16.8. The van der Waals surface area contributed by atoms with Crippen molar-refractivity contribution >= 4 is 17.3 Å². The molecular weight excluding hydrogens is 370 g/mol. The van der Waals surface area contributed by atoms with Gasteiger partial charge in [-0.1, -0.05) is 115 Å². The lowest BCUT2D eigenvalue weighted by atomic mass is 10.0. The maximum atomic E-state index is 11.9. The van der Waals surface area contributed by atoms with Gasteiger partial charge in [0.15, 0.2) is 0 Å². The van der Waals surface area contributed by atoms with Crippen LogP contribution in [0.15, 0.2) is 4.79 Å². The lowest BCUT2D eigenvalue weighted by Gasteiger charge is -2.05. The summed E-state index contributed by atoms with van der Waals surface area (Å²) in [6, 6.07) is 0. The van der Waals surface area contributed by atoms with Gasteiger partial charge in [0, 0.05) is 5.69 Å². The Hall–Kier alpha value is -1.10. The monoisotopic (exact) mass is 411 g/mol. The highest BCUT2D eigenvalue weighted by molar-refractivity contribution is 7.11. The van der Waals surface area contributed by atoms with Crippen LogP contribution in [0.3, 0.4) is 0 Å². The van der Waals surface area contributed by atoms with Gasteiger partial charge in [-0.15, -0.1) is 0 Å². The van der Waals surface area contributed by atoms with Crippen molar-refractivity contribution in [1.29, 1.82) is 0 Å². The van der Waals surface area contributed by atoms with Crippen molar-refractivity contribution in [2.75, 3.05) is 6.61 Å². The van der Waals surface area contributed by atoms with Gasteiger partial charge in [0.25, 0.3) is 0 Å². The Balaban J connectivity index is 1.80. The molecule has 0 saturated carbocycles. The Morgan fingerprint density at radius 3 is 1.61 bits per heavy atom. The van der Waals surface area contributed by atoms with Crippen LogP contribution in [-0.2, 0) is 4.74 Å². The molecule has 0 saturated heterocycles. The highest BCUT2D eigenvalue weighted by Gasteiger charge is 2.14. The first-order chi connectivity index (χ1) is 13.6. The number of aromatic nitrogens is 1. The predicted octanol–water partition coefficient (Wildman–Crippen LogP) is 7.16. The summed E-state index contributed by atoms with van der Waals surface area (Å²) in [4.78, 5) is 25.9. The first kappa shape index (κ1) is 24.9. The molecule has 1 aromatic rings. The van der Waals surface area contributed by atoms with Crippen molar-refractivity contribution in [2.45, 2.75) is 117 Å². The van der Waals surface area contributed by atoms with E-state index < -0.39 is 0 Å². The van der Waals surface area contributed by atoms with Crippen LogP contribution in [0.5, 0.6) is 0 Å². The molecular formula is C23H41NO3S. The zero-order chi connectivity index (χ0) is 20.5. The van der Waals surface area contributed by atoms with Crippen molar-refractivity contribution in [3.8, 4) is 0 Å². The standard InChI is InChI=1S/C23H41NO3S/c1-3-4-5-6-7-8-9-10-11-12-13-14-15-16-17-18-19-27-22(25)21-20(2)24-23(26)28-21/h3-19H2,1-2H3,(H,24,26). The molecule has 0 amide bonds. The third-order valence-electron chi connectivity index (χ3n) is 5.24. The van der Waals surface area contributed by atoms with E-state index in [2.05, 4.69) is 11.9 Å². The van der Waals surface area contributed by atoms with E-state index in [-0.39, 0.29) is 10.8 Å². The first-order valence-electron chi connectivity index (χ1n) is 11.5. The van der Waals surface area contributed by atoms with Crippen molar-refractivity contribution in [3.05, 3.63) is 20.2 Å². The zero-order valence-electron chi connectivity index (χ0n) is 18.2. The van der Waals surface area contributed by atoms with Crippen LogP contribution in [0.25, 0.3) is 0 Å². The Bertz CT molecular complexity index is 564. The number of H-pyrrole nitrogens is 1. The molecule has 1 rings (SSSR count). The number of ether oxygens (including phenoxy) is 1. The third-order valence-corrected chi connectivity index (χ3v) is 6.21. The summed E-state index contributed by atoms with van der Waals surface area (Å²) in [7, 11) is 0. The van der Waals surface area contributed by atoms with Crippen LogP contribution >= 0.6 is 11.3 Å². The predicted molar refractivity (Wildman–Crippen MR) is 120 cm³/mol. The van der Waals surface area contributed by atoms with E-state index in [9.17, 15) is 9.59 Å². The number of esters is 1. The van der Waals surface area contributed by atoms with E-state index >= 15 is 0 Å². The fraction of sp³-hybridized carbons (Fsp3) is 0.826. The van der Waals surface area contributed by atoms with Crippen LogP contribution in [0.2, 0.25) is 0 Å². The van der Waals surface area contributed by atoms with Crippen LogP contribution in [0.1, 0.15) is 125 Å². The molecule has 1 N–H and O–H groups in total. The van der Waals surface area contributed by atoms with E-state index in [0.717, 1.165) is 24.2 Å². The number of aromatic amines is 1. The van der Waals surface area contributed by atoms with E-state index in [4.69, 9.17) is 4.74 Å². The molecule has 28 heavy (non-hydrogen) atoms. The molecule has 0 spiro atoms. The minimum Gasteiger partial charge on any atom is -0.461 e. The Morgan fingerprint density at radius 2 is 1.21 bits per heavy atom. The van der Waals surface area contributed by atoms with Crippen molar-refractivity contribution < 1.29 is 9.53 Å². The van der Waals surface area contributed by atoms with Gasteiger partial charge in [-0.25, -0.2) is 4.79 Å². The molecule has 4 nitrogen and oxygen atoms in total. The molecule has 0 atom stereocenters. The number of aryl methyl sites for hydroxylation is 1. The number of carbonyl (C=O) groups excluding carboxylic acids is 1. The lowest BCUT2D eigenvalue weighted by molar-refractivity contribution is 0.0502. The molecule has 0 aromatic carbocycles. The lowest BCUT2D eigenvalue weighted by Crippen LogP contribution is -2.06. The summed E-state index contributed by atoms with van der Waals surface area (Å²) < 4.78 is 5.25. The maximum absolute atomic E-state index is 11.9. The van der Waals surface area contributed by atoms with Gasteiger partial charge in [-0.2, -0.15) is 0 Å². The van der Waals surface area contributed by atoms with Crippen molar-refractivity contribution in [3.63, 3.8) is 0 Å². The van der Waals surface area contributed by atoms with E-state index in [1.807, 2.05) is 0 Å². The molecule has 0 aliphatic heterocycles. The quantitative estimate of drug-likeness (QED) is 0.206.